The van der Waals surface area contributed by atoms with Crippen LogP contribution in [-0.2, 0) is 21.5 Å². The lowest BCUT2D eigenvalue weighted by molar-refractivity contribution is -0.137. The van der Waals surface area contributed by atoms with E-state index in [4.69, 9.17) is 22.0 Å². The molecule has 6 nitrogen and oxygen atoms in total. The minimum atomic E-state index is -0.986. The van der Waals surface area contributed by atoms with Crippen molar-refractivity contribution in [3.8, 4) is 0 Å². The number of fused-ring (bicyclic) bond motifs is 3. The van der Waals surface area contributed by atoms with E-state index in [1.807, 2.05) is 18.2 Å². The monoisotopic (exact) mass is 338 g/mol. The first-order valence-electron chi connectivity index (χ1n) is 8.64. The number of ether oxygens (including phenoxy) is 1. The first-order valence-corrected chi connectivity index (χ1v) is 8.64. The lowest BCUT2D eigenvalue weighted by Crippen LogP contribution is -2.51. The van der Waals surface area contributed by atoms with Crippen LogP contribution in [0.3, 0.4) is 0 Å². The predicted octanol–water partition coefficient (Wildman–Crippen LogP) is 2.35. The summed E-state index contributed by atoms with van der Waals surface area (Å²) in [6, 6.07) is 5.65. The quantitative estimate of drug-likeness (QED) is 0.799. The summed E-state index contributed by atoms with van der Waals surface area (Å²) >= 11 is 0. The summed E-state index contributed by atoms with van der Waals surface area (Å²) in [5, 5.41) is 0. The van der Waals surface area contributed by atoms with E-state index in [1.54, 1.807) is 14.2 Å². The third kappa shape index (κ3) is 1.93. The molecule has 0 aromatic heterocycles. The number of nitrogens with two attached hydrogens (primary N) is 1. The molecule has 4 rings (SSSR count). The van der Waals surface area contributed by atoms with Crippen LogP contribution in [0.25, 0.3) is 4.85 Å². The van der Waals surface area contributed by atoms with Crippen molar-refractivity contribution in [1.82, 2.24) is 4.90 Å². The number of benzene rings is 1. The van der Waals surface area contributed by atoms with Gasteiger partial charge in [-0.05, 0) is 43.2 Å². The van der Waals surface area contributed by atoms with Crippen LogP contribution in [0.5, 0.6) is 0 Å². The topological polar surface area (TPSA) is 72.3 Å². The minimum Gasteiger partial charge on any atom is -0.381 e. The Morgan fingerprint density at radius 2 is 2.12 bits per heavy atom. The molecule has 1 fully saturated rings. The third-order valence-corrected chi connectivity index (χ3v) is 6.37. The van der Waals surface area contributed by atoms with Crippen molar-refractivity contribution in [1.29, 1.82) is 0 Å². The molecular formula is C19H22N4O2. The van der Waals surface area contributed by atoms with Crippen LogP contribution < -0.4 is 5.73 Å². The SMILES string of the molecule is [C-]#[N+]c1ccc2c(c1)[C@@]1(N=C(N)N(C)C1=O)C1(CCC(OC)CC1)C2. The summed E-state index contributed by atoms with van der Waals surface area (Å²) in [6.07, 6.45) is 4.59. The summed E-state index contributed by atoms with van der Waals surface area (Å²) in [6.45, 7) is 7.34. The standard InChI is InChI=1S/C19H22N4O2/c1-21-13-5-4-12-11-18(8-6-14(25-3)7-9-18)19(15(12)10-13)16(24)23(2)17(20)22-19/h4-5,10,14H,6-9,11H2,2-3H3,(H2,20,22)/t14?,18?,19-/m0/s1. The van der Waals surface area contributed by atoms with Gasteiger partial charge in [0.1, 0.15) is 0 Å². The maximum absolute atomic E-state index is 13.3. The second-order valence-electron chi connectivity index (χ2n) is 7.39. The zero-order chi connectivity index (χ0) is 17.8. The first kappa shape index (κ1) is 16.1. The van der Waals surface area contributed by atoms with Gasteiger partial charge in [0.25, 0.3) is 5.91 Å². The highest BCUT2D eigenvalue weighted by atomic mass is 16.5. The van der Waals surface area contributed by atoms with E-state index < -0.39 is 5.54 Å². The molecule has 0 radical (unpaired) electrons. The van der Waals surface area contributed by atoms with E-state index in [0.717, 1.165) is 43.2 Å². The number of methoxy groups -OCH3 is 1. The van der Waals surface area contributed by atoms with Crippen LogP contribution in [0.1, 0.15) is 36.8 Å². The predicted molar refractivity (Wildman–Crippen MR) is 94.2 cm³/mol. The van der Waals surface area contributed by atoms with Crippen LogP contribution in [0.4, 0.5) is 5.69 Å². The molecule has 0 bridgehead atoms. The fraction of sp³-hybridized carbons (Fsp3) is 0.526. The van der Waals surface area contributed by atoms with E-state index >= 15 is 0 Å². The van der Waals surface area contributed by atoms with Gasteiger partial charge >= 0.3 is 0 Å². The first-order chi connectivity index (χ1) is 12.0. The third-order valence-electron chi connectivity index (χ3n) is 6.37. The molecule has 1 aromatic rings. The molecule has 25 heavy (non-hydrogen) atoms. The number of hydrogen-bond donors (Lipinski definition) is 1. The highest BCUT2D eigenvalue weighted by Crippen LogP contribution is 2.62. The minimum absolute atomic E-state index is 0.0678. The summed E-state index contributed by atoms with van der Waals surface area (Å²) < 4.78 is 5.53. The summed E-state index contributed by atoms with van der Waals surface area (Å²) in [7, 11) is 3.43. The number of hydrogen-bond acceptors (Lipinski definition) is 4. The van der Waals surface area contributed by atoms with E-state index in [0.29, 0.717) is 5.69 Å². The molecule has 3 aliphatic rings. The average molecular weight is 338 g/mol. The zero-order valence-electron chi connectivity index (χ0n) is 14.6. The van der Waals surface area contributed by atoms with Crippen LogP contribution in [-0.4, -0.2) is 37.0 Å². The van der Waals surface area contributed by atoms with Crippen LogP contribution in [0.15, 0.2) is 23.2 Å². The van der Waals surface area contributed by atoms with Gasteiger partial charge in [-0.1, -0.05) is 18.2 Å². The molecule has 6 heteroatoms. The van der Waals surface area contributed by atoms with Crippen molar-refractivity contribution in [2.45, 2.75) is 43.7 Å². The van der Waals surface area contributed by atoms with Gasteiger partial charge < -0.3 is 10.5 Å². The highest BCUT2D eigenvalue weighted by molar-refractivity contribution is 6.08. The van der Waals surface area contributed by atoms with Gasteiger partial charge in [-0.15, -0.1) is 0 Å². The largest absolute Gasteiger partial charge is 0.381 e. The molecule has 1 atom stereocenters. The van der Waals surface area contributed by atoms with Crippen LogP contribution >= 0.6 is 0 Å². The number of aliphatic imine (C=N–C) groups is 1. The summed E-state index contributed by atoms with van der Waals surface area (Å²) in [5.74, 6) is 0.195. The van der Waals surface area contributed by atoms with Crippen molar-refractivity contribution in [2.75, 3.05) is 14.2 Å². The fourth-order valence-corrected chi connectivity index (χ4v) is 4.98. The molecule has 1 aliphatic heterocycles. The lowest BCUT2D eigenvalue weighted by atomic mass is 9.61. The molecule has 0 saturated heterocycles. The second kappa shape index (κ2) is 5.30. The van der Waals surface area contributed by atoms with Gasteiger partial charge in [0.15, 0.2) is 17.2 Å². The normalized spacial score (nSPS) is 33.6. The lowest BCUT2D eigenvalue weighted by Gasteiger charge is -2.45. The smallest absolute Gasteiger partial charge is 0.262 e. The maximum Gasteiger partial charge on any atom is 0.262 e. The molecule has 0 unspecified atom stereocenters. The van der Waals surface area contributed by atoms with Crippen LogP contribution in [0, 0.1) is 12.0 Å². The number of carbonyl (C=O) groups excluding carboxylic acids is 1. The van der Waals surface area contributed by atoms with Gasteiger partial charge in [0.05, 0.1) is 12.7 Å². The number of amides is 1. The molecule has 1 amide bonds. The average Bonchev–Trinajstić information content (AvgIpc) is 3.03. The van der Waals surface area contributed by atoms with Gasteiger partial charge in [0.2, 0.25) is 0 Å². The number of guanidine groups is 1. The number of rotatable bonds is 1. The van der Waals surface area contributed by atoms with Crippen LogP contribution in [0.2, 0.25) is 0 Å². The molecule has 1 heterocycles. The number of nitrogens with zero attached hydrogens (tertiary/aromatic N) is 3. The molecule has 130 valence electrons. The van der Waals surface area contributed by atoms with E-state index in [9.17, 15) is 4.79 Å². The number of carbonyl (C=O) groups is 1. The Morgan fingerprint density at radius 3 is 2.68 bits per heavy atom. The highest BCUT2D eigenvalue weighted by Gasteiger charge is 2.66. The van der Waals surface area contributed by atoms with Gasteiger partial charge in [-0.25, -0.2) is 9.84 Å². The van der Waals surface area contributed by atoms with E-state index in [1.165, 1.54) is 4.90 Å². The van der Waals surface area contributed by atoms with Crippen molar-refractivity contribution >= 4 is 17.6 Å². The summed E-state index contributed by atoms with van der Waals surface area (Å²) in [5.41, 5.74) is 7.32. The molecule has 1 saturated carbocycles. The Kier molecular flexibility index (Phi) is 3.41. The van der Waals surface area contributed by atoms with Gasteiger partial charge in [-0.2, -0.15) is 0 Å². The second-order valence-corrected chi connectivity index (χ2v) is 7.39. The molecule has 2 aliphatic carbocycles. The fourth-order valence-electron chi connectivity index (χ4n) is 4.98. The number of likely N-dealkylation sites (N-methyl/N-ethyl adjacent to an activating group) is 1. The Labute approximate surface area is 147 Å². The Morgan fingerprint density at radius 1 is 1.40 bits per heavy atom. The molecule has 1 aromatic carbocycles. The van der Waals surface area contributed by atoms with Gasteiger partial charge in [0, 0.05) is 19.6 Å². The Hall–Kier alpha value is -2.39. The van der Waals surface area contributed by atoms with Gasteiger partial charge in [-0.3, -0.25) is 9.69 Å². The maximum atomic E-state index is 13.3. The van der Waals surface area contributed by atoms with Crippen molar-refractivity contribution in [3.05, 3.63) is 40.7 Å². The molecule has 2 N–H and O–H groups in total. The van der Waals surface area contributed by atoms with Crippen molar-refractivity contribution < 1.29 is 9.53 Å². The van der Waals surface area contributed by atoms with E-state index in [2.05, 4.69) is 4.85 Å². The molecule has 2 spiro atoms. The molecular weight excluding hydrogens is 316 g/mol. The van der Waals surface area contributed by atoms with Crippen molar-refractivity contribution in [3.63, 3.8) is 0 Å². The van der Waals surface area contributed by atoms with Crippen molar-refractivity contribution in [2.24, 2.45) is 16.1 Å². The van der Waals surface area contributed by atoms with E-state index in [-0.39, 0.29) is 23.4 Å². The zero-order valence-corrected chi connectivity index (χ0v) is 14.6. The summed E-state index contributed by atoms with van der Waals surface area (Å²) in [4.78, 5) is 23.1. The Bertz CT molecular complexity index is 817. The Balaban J connectivity index is 1.90.